The molecule has 1 atom stereocenters. The van der Waals surface area contributed by atoms with E-state index in [4.69, 9.17) is 21.8 Å². The van der Waals surface area contributed by atoms with Crippen LogP contribution in [0.3, 0.4) is 0 Å². The molecule has 0 aliphatic rings. The molecule has 0 spiro atoms. The third-order valence-electron chi connectivity index (χ3n) is 2.92. The average molecular weight is 268 g/mol. The van der Waals surface area contributed by atoms with E-state index in [0.717, 1.165) is 22.6 Å². The monoisotopic (exact) mass is 267 g/mol. The van der Waals surface area contributed by atoms with Gasteiger partial charge in [0.05, 0.1) is 5.02 Å². The van der Waals surface area contributed by atoms with Crippen LogP contribution < -0.4 is 5.73 Å². The maximum Gasteiger partial charge on any atom is 0.141 e. The van der Waals surface area contributed by atoms with Gasteiger partial charge in [-0.15, -0.1) is 0 Å². The summed E-state index contributed by atoms with van der Waals surface area (Å²) in [7, 11) is 0. The fourth-order valence-corrected chi connectivity index (χ4v) is 2.25. The van der Waals surface area contributed by atoms with Gasteiger partial charge >= 0.3 is 0 Å². The smallest absolute Gasteiger partial charge is 0.141 e. The maximum atomic E-state index is 13.0. The molecule has 1 unspecified atom stereocenters. The van der Waals surface area contributed by atoms with Crippen molar-refractivity contribution >= 4 is 11.6 Å². The first-order chi connectivity index (χ1) is 8.47. The number of furan rings is 1. The van der Waals surface area contributed by atoms with Crippen LogP contribution in [0.5, 0.6) is 0 Å². The highest BCUT2D eigenvalue weighted by atomic mass is 35.5. The minimum atomic E-state index is -0.413. The quantitative estimate of drug-likeness (QED) is 0.915. The molecule has 0 saturated heterocycles. The van der Waals surface area contributed by atoms with Crippen molar-refractivity contribution in [2.45, 2.75) is 26.3 Å². The molecule has 1 aromatic carbocycles. The molecule has 2 nitrogen and oxygen atoms in total. The van der Waals surface area contributed by atoms with Gasteiger partial charge in [0.15, 0.2) is 0 Å². The largest absolute Gasteiger partial charge is 0.466 e. The predicted molar refractivity (Wildman–Crippen MR) is 70.2 cm³/mol. The summed E-state index contributed by atoms with van der Waals surface area (Å²) in [6.07, 6.45) is 0.597. The normalized spacial score (nSPS) is 12.7. The van der Waals surface area contributed by atoms with E-state index in [0.29, 0.717) is 6.42 Å². The van der Waals surface area contributed by atoms with Gasteiger partial charge in [-0.1, -0.05) is 17.7 Å². The lowest BCUT2D eigenvalue weighted by Crippen LogP contribution is -2.13. The van der Waals surface area contributed by atoms with Crippen molar-refractivity contribution < 1.29 is 8.81 Å². The van der Waals surface area contributed by atoms with Crippen molar-refractivity contribution in [2.75, 3.05) is 0 Å². The van der Waals surface area contributed by atoms with Gasteiger partial charge in [-0.25, -0.2) is 4.39 Å². The Morgan fingerprint density at radius 3 is 2.61 bits per heavy atom. The molecule has 2 N–H and O–H groups in total. The fraction of sp³-hybridized carbons (Fsp3) is 0.286. The lowest BCUT2D eigenvalue weighted by Gasteiger charge is -2.11. The van der Waals surface area contributed by atoms with Crippen LogP contribution in [-0.2, 0) is 6.42 Å². The number of rotatable bonds is 3. The molecule has 2 aromatic rings. The van der Waals surface area contributed by atoms with Crippen LogP contribution in [0.2, 0.25) is 5.02 Å². The Morgan fingerprint density at radius 1 is 1.33 bits per heavy atom. The van der Waals surface area contributed by atoms with Crippen molar-refractivity contribution in [3.05, 3.63) is 57.8 Å². The molecule has 0 aliphatic heterocycles. The minimum absolute atomic E-state index is 0.125. The van der Waals surface area contributed by atoms with E-state index >= 15 is 0 Å². The number of hydrogen-bond donors (Lipinski definition) is 1. The second-order valence-electron chi connectivity index (χ2n) is 4.43. The van der Waals surface area contributed by atoms with Crippen LogP contribution in [0.4, 0.5) is 4.39 Å². The topological polar surface area (TPSA) is 39.2 Å². The molecular formula is C14H15ClFNO. The SMILES string of the molecule is Cc1cc(C(N)Cc2ccc(F)c(Cl)c2)c(C)o1. The zero-order valence-electron chi connectivity index (χ0n) is 10.3. The molecule has 96 valence electrons. The summed E-state index contributed by atoms with van der Waals surface area (Å²) in [5.41, 5.74) is 8.02. The summed E-state index contributed by atoms with van der Waals surface area (Å²) in [6.45, 7) is 3.78. The first kappa shape index (κ1) is 13.1. The highest BCUT2D eigenvalue weighted by molar-refractivity contribution is 6.30. The molecule has 0 radical (unpaired) electrons. The van der Waals surface area contributed by atoms with E-state index in [1.54, 1.807) is 12.1 Å². The van der Waals surface area contributed by atoms with Crippen LogP contribution >= 0.6 is 11.6 Å². The lowest BCUT2D eigenvalue weighted by molar-refractivity contribution is 0.497. The average Bonchev–Trinajstić information content (AvgIpc) is 2.63. The predicted octanol–water partition coefficient (Wildman–Crippen LogP) is 3.93. The van der Waals surface area contributed by atoms with Crippen LogP contribution in [-0.4, -0.2) is 0 Å². The van der Waals surface area contributed by atoms with Gasteiger partial charge in [0.2, 0.25) is 0 Å². The van der Waals surface area contributed by atoms with E-state index in [9.17, 15) is 4.39 Å². The van der Waals surface area contributed by atoms with Crippen LogP contribution in [0.15, 0.2) is 28.7 Å². The Kier molecular flexibility index (Phi) is 3.73. The third-order valence-corrected chi connectivity index (χ3v) is 3.21. The number of benzene rings is 1. The Labute approximate surface area is 111 Å². The van der Waals surface area contributed by atoms with E-state index < -0.39 is 5.82 Å². The molecule has 4 heteroatoms. The van der Waals surface area contributed by atoms with Gasteiger partial charge in [0.25, 0.3) is 0 Å². The summed E-state index contributed by atoms with van der Waals surface area (Å²) >= 11 is 5.74. The van der Waals surface area contributed by atoms with Crippen molar-refractivity contribution in [1.29, 1.82) is 0 Å². The van der Waals surface area contributed by atoms with Crippen molar-refractivity contribution in [3.63, 3.8) is 0 Å². The number of halogens is 2. The molecule has 2 rings (SSSR count). The first-order valence-electron chi connectivity index (χ1n) is 5.74. The van der Waals surface area contributed by atoms with Gasteiger partial charge in [0, 0.05) is 11.6 Å². The van der Waals surface area contributed by atoms with Crippen LogP contribution in [0.25, 0.3) is 0 Å². The van der Waals surface area contributed by atoms with E-state index in [2.05, 4.69) is 0 Å². The summed E-state index contributed by atoms with van der Waals surface area (Å²) in [4.78, 5) is 0. The zero-order chi connectivity index (χ0) is 13.3. The minimum Gasteiger partial charge on any atom is -0.466 e. The number of aryl methyl sites for hydroxylation is 2. The molecule has 0 aliphatic carbocycles. The zero-order valence-corrected chi connectivity index (χ0v) is 11.1. The Morgan fingerprint density at radius 2 is 2.06 bits per heavy atom. The van der Waals surface area contributed by atoms with Crippen LogP contribution in [0, 0.1) is 19.7 Å². The van der Waals surface area contributed by atoms with E-state index in [-0.39, 0.29) is 11.1 Å². The standard InChI is InChI=1S/C14H15ClFNO/c1-8-5-11(9(2)18-8)14(17)7-10-3-4-13(16)12(15)6-10/h3-6,14H,7,17H2,1-2H3. The molecule has 0 amide bonds. The molecule has 0 bridgehead atoms. The first-order valence-corrected chi connectivity index (χ1v) is 6.11. The van der Waals surface area contributed by atoms with E-state index in [1.807, 2.05) is 19.9 Å². The second-order valence-corrected chi connectivity index (χ2v) is 4.83. The van der Waals surface area contributed by atoms with Gasteiger partial charge < -0.3 is 10.2 Å². The van der Waals surface area contributed by atoms with Crippen LogP contribution in [0.1, 0.15) is 28.7 Å². The van der Waals surface area contributed by atoms with Crippen molar-refractivity contribution in [1.82, 2.24) is 0 Å². The molecular weight excluding hydrogens is 253 g/mol. The summed E-state index contributed by atoms with van der Waals surface area (Å²) < 4.78 is 18.5. The van der Waals surface area contributed by atoms with Gasteiger partial charge in [0.1, 0.15) is 17.3 Å². The molecule has 0 saturated carbocycles. The maximum absolute atomic E-state index is 13.0. The molecule has 1 aromatic heterocycles. The van der Waals surface area contributed by atoms with Crippen molar-refractivity contribution in [2.24, 2.45) is 5.73 Å². The highest BCUT2D eigenvalue weighted by Gasteiger charge is 2.14. The molecule has 0 fully saturated rings. The Balaban J connectivity index is 2.18. The second kappa shape index (κ2) is 5.12. The molecule has 18 heavy (non-hydrogen) atoms. The lowest BCUT2D eigenvalue weighted by atomic mass is 10.00. The number of hydrogen-bond acceptors (Lipinski definition) is 2. The Bertz CT molecular complexity index is 565. The molecule has 1 heterocycles. The van der Waals surface area contributed by atoms with Crippen molar-refractivity contribution in [3.8, 4) is 0 Å². The number of nitrogens with two attached hydrogens (primary N) is 1. The van der Waals surface area contributed by atoms with Gasteiger partial charge in [-0.2, -0.15) is 0 Å². The summed E-state index contributed by atoms with van der Waals surface area (Å²) in [5.74, 6) is 1.26. The highest BCUT2D eigenvalue weighted by Crippen LogP contribution is 2.24. The third kappa shape index (κ3) is 2.74. The van der Waals surface area contributed by atoms with Gasteiger partial charge in [-0.05, 0) is 44.0 Å². The summed E-state index contributed by atoms with van der Waals surface area (Å²) in [6, 6.07) is 6.43. The summed E-state index contributed by atoms with van der Waals surface area (Å²) in [5, 5.41) is 0.125. The Hall–Kier alpha value is -1.32. The van der Waals surface area contributed by atoms with E-state index in [1.165, 1.54) is 6.07 Å². The fourth-order valence-electron chi connectivity index (χ4n) is 2.05. The van der Waals surface area contributed by atoms with Gasteiger partial charge in [-0.3, -0.25) is 0 Å².